The van der Waals surface area contributed by atoms with E-state index in [-0.39, 0.29) is 0 Å². The number of rotatable bonds is 11. The minimum Gasteiger partial charge on any atom is -0.508 e. The lowest BCUT2D eigenvalue weighted by atomic mass is 9.99. The van der Waals surface area contributed by atoms with Crippen LogP contribution in [0.3, 0.4) is 0 Å². The van der Waals surface area contributed by atoms with Crippen LogP contribution in [0.15, 0.2) is 66.7 Å². The van der Waals surface area contributed by atoms with Gasteiger partial charge in [0.05, 0.1) is 0 Å². The second-order valence-corrected chi connectivity index (χ2v) is 13.0. The van der Waals surface area contributed by atoms with E-state index >= 15 is 0 Å². The zero-order chi connectivity index (χ0) is 36.8. The minimum absolute atomic E-state index is 0.305. The number of phenolic OH excluding ortho intramolecular Hbond substituents is 1. The van der Waals surface area contributed by atoms with Gasteiger partial charge in [0.1, 0.15) is 30.5 Å². The van der Waals surface area contributed by atoms with Crippen LogP contribution in [-0.2, 0) is 25.6 Å². The maximum Gasteiger partial charge on any atom is 0.414 e. The van der Waals surface area contributed by atoms with Crippen LogP contribution in [0.2, 0.25) is 0 Å². The van der Waals surface area contributed by atoms with Crippen molar-refractivity contribution in [1.29, 1.82) is 0 Å². The smallest absolute Gasteiger partial charge is 0.414 e. The van der Waals surface area contributed by atoms with Gasteiger partial charge in [-0.15, -0.1) is 11.3 Å². The summed E-state index contributed by atoms with van der Waals surface area (Å²) in [5.41, 5.74) is 3.72. The third kappa shape index (κ3) is 12.3. The molecule has 2 saturated heterocycles. The van der Waals surface area contributed by atoms with Gasteiger partial charge in [-0.05, 0) is 135 Å². The molecule has 0 amide bonds. The zero-order valence-electron chi connectivity index (χ0n) is 28.0. The Morgan fingerprint density at radius 3 is 1.53 bits per heavy atom. The van der Waals surface area contributed by atoms with Gasteiger partial charge in [-0.25, -0.2) is 19.2 Å². The lowest BCUT2D eigenvalue weighted by Gasteiger charge is -2.15. The van der Waals surface area contributed by atoms with Crippen molar-refractivity contribution >= 4 is 45.3 Å². The van der Waals surface area contributed by atoms with E-state index in [1.807, 2.05) is 12.1 Å². The summed E-state index contributed by atoms with van der Waals surface area (Å²) < 4.78 is 13.2. The molecule has 51 heavy (non-hydrogen) atoms. The number of thiophene rings is 1. The monoisotopic (exact) mass is 722 g/mol. The molecule has 2 aliphatic rings. The molecule has 0 radical (unpaired) electrons. The van der Waals surface area contributed by atoms with Crippen LogP contribution in [0.25, 0.3) is 20.5 Å². The fourth-order valence-corrected chi connectivity index (χ4v) is 7.02. The predicted octanol–water partition coefficient (Wildman–Crippen LogP) is 5.13. The van der Waals surface area contributed by atoms with Gasteiger partial charge >= 0.3 is 23.9 Å². The quantitative estimate of drug-likeness (QED) is 0.128. The van der Waals surface area contributed by atoms with Crippen molar-refractivity contribution in [3.05, 3.63) is 77.9 Å². The average molecular weight is 723 g/mol. The standard InChI is InChI=1S/C33H38N2O3S.2C2H2O4/c36-27-9-14-30-31(23-25-5-10-28(11-6-25)37-21-19-34-15-1-2-16-34)33(39-32(30)24-27)26-7-12-29(13-8-26)38-22-20-35-17-3-4-18-35;2*3-1(4)2(5)6/h5-14,24,36H,1-4,15-23H2;2*(H,3,4)(H,5,6). The van der Waals surface area contributed by atoms with E-state index in [9.17, 15) is 5.11 Å². The van der Waals surface area contributed by atoms with E-state index in [0.717, 1.165) is 48.9 Å². The number of phenols is 1. The molecular formula is C37H42N2O11S. The number of aromatic hydroxyl groups is 1. The van der Waals surface area contributed by atoms with Crippen molar-refractivity contribution in [1.82, 2.24) is 9.80 Å². The van der Waals surface area contributed by atoms with Crippen LogP contribution < -0.4 is 9.47 Å². The van der Waals surface area contributed by atoms with E-state index < -0.39 is 23.9 Å². The Hall–Kier alpha value is -5.18. The van der Waals surface area contributed by atoms with Gasteiger partial charge in [-0.2, -0.15) is 0 Å². The molecule has 0 saturated carbocycles. The van der Waals surface area contributed by atoms with E-state index in [2.05, 4.69) is 58.3 Å². The molecule has 272 valence electrons. The van der Waals surface area contributed by atoms with Crippen LogP contribution in [0, 0.1) is 0 Å². The topological polar surface area (TPSA) is 194 Å². The Balaban J connectivity index is 0.000000420. The highest BCUT2D eigenvalue weighted by molar-refractivity contribution is 7.22. The molecule has 3 heterocycles. The van der Waals surface area contributed by atoms with Crippen molar-refractivity contribution in [3.8, 4) is 27.7 Å². The summed E-state index contributed by atoms with van der Waals surface area (Å²) in [6.45, 7) is 8.25. The summed E-state index contributed by atoms with van der Waals surface area (Å²) in [5, 5.41) is 40.9. The molecule has 0 bridgehead atoms. The highest BCUT2D eigenvalue weighted by atomic mass is 32.1. The molecule has 3 aromatic carbocycles. The summed E-state index contributed by atoms with van der Waals surface area (Å²) in [4.78, 5) is 42.6. The van der Waals surface area contributed by atoms with Gasteiger partial charge in [-0.1, -0.05) is 12.1 Å². The lowest BCUT2D eigenvalue weighted by molar-refractivity contribution is -0.159. The van der Waals surface area contributed by atoms with Crippen molar-refractivity contribution in [2.24, 2.45) is 0 Å². The fourth-order valence-electron chi connectivity index (χ4n) is 5.76. The number of likely N-dealkylation sites (tertiary alicyclic amines) is 2. The predicted molar refractivity (Wildman–Crippen MR) is 191 cm³/mol. The molecule has 5 N–H and O–H groups in total. The Morgan fingerprint density at radius 1 is 0.627 bits per heavy atom. The van der Waals surface area contributed by atoms with Gasteiger partial charge in [0, 0.05) is 22.7 Å². The first-order valence-electron chi connectivity index (χ1n) is 16.6. The summed E-state index contributed by atoms with van der Waals surface area (Å²) in [7, 11) is 0. The highest BCUT2D eigenvalue weighted by Crippen LogP contribution is 2.41. The van der Waals surface area contributed by atoms with E-state index in [1.54, 1.807) is 17.4 Å². The number of carboxylic acid groups (broad SMARTS) is 4. The van der Waals surface area contributed by atoms with Gasteiger partial charge in [0.15, 0.2) is 0 Å². The highest BCUT2D eigenvalue weighted by Gasteiger charge is 2.16. The van der Waals surface area contributed by atoms with E-state index in [4.69, 9.17) is 49.1 Å². The van der Waals surface area contributed by atoms with Crippen LogP contribution in [-0.4, -0.2) is 112 Å². The Kier molecular flexibility index (Phi) is 14.6. The molecule has 1 aromatic heterocycles. The SMILES string of the molecule is O=C(O)C(=O)O.O=C(O)C(=O)O.Oc1ccc2c(Cc3ccc(OCCN4CCCC4)cc3)c(-c3ccc(OCCN4CCCC4)cc3)sc2c1. The van der Waals surface area contributed by atoms with Crippen molar-refractivity contribution in [2.75, 3.05) is 52.5 Å². The van der Waals surface area contributed by atoms with Crippen molar-refractivity contribution < 1.29 is 54.2 Å². The van der Waals surface area contributed by atoms with Crippen LogP contribution in [0.4, 0.5) is 0 Å². The molecule has 4 aromatic rings. The maximum absolute atomic E-state index is 10.1. The van der Waals surface area contributed by atoms with E-state index in [0.29, 0.717) is 5.75 Å². The molecule has 0 spiro atoms. The normalized spacial score (nSPS) is 14.2. The molecule has 13 nitrogen and oxygen atoms in total. The number of aliphatic carboxylic acids is 4. The lowest BCUT2D eigenvalue weighted by Crippen LogP contribution is -2.25. The zero-order valence-corrected chi connectivity index (χ0v) is 28.8. The molecule has 2 fully saturated rings. The molecule has 6 rings (SSSR count). The minimum atomic E-state index is -1.82. The first kappa shape index (κ1) is 38.6. The van der Waals surface area contributed by atoms with Crippen LogP contribution >= 0.6 is 11.3 Å². The second-order valence-electron chi connectivity index (χ2n) is 12.0. The van der Waals surface area contributed by atoms with Crippen molar-refractivity contribution in [2.45, 2.75) is 32.1 Å². The first-order chi connectivity index (χ1) is 24.5. The number of benzene rings is 3. The second kappa shape index (κ2) is 19.3. The molecular weight excluding hydrogens is 680 g/mol. The molecule has 0 atom stereocenters. The summed E-state index contributed by atoms with van der Waals surface area (Å²) >= 11 is 1.74. The van der Waals surface area contributed by atoms with Crippen LogP contribution in [0.5, 0.6) is 17.2 Å². The van der Waals surface area contributed by atoms with Gasteiger partial charge in [-0.3, -0.25) is 9.80 Å². The maximum atomic E-state index is 10.1. The number of carboxylic acids is 4. The van der Waals surface area contributed by atoms with Gasteiger partial charge in [0.2, 0.25) is 0 Å². The molecule has 0 aliphatic carbocycles. The largest absolute Gasteiger partial charge is 0.508 e. The number of hydrogen-bond acceptors (Lipinski definition) is 10. The average Bonchev–Trinajstić information content (AvgIpc) is 3.89. The third-order valence-electron chi connectivity index (χ3n) is 8.31. The summed E-state index contributed by atoms with van der Waals surface area (Å²) in [5.74, 6) is -5.15. The number of nitrogens with zero attached hydrogens (tertiary/aromatic N) is 2. The Labute approximate surface area is 298 Å². The molecule has 0 unspecified atom stereocenters. The summed E-state index contributed by atoms with van der Waals surface area (Å²) in [6.07, 6.45) is 6.05. The van der Waals surface area contributed by atoms with Crippen LogP contribution in [0.1, 0.15) is 36.8 Å². The van der Waals surface area contributed by atoms with Gasteiger partial charge < -0.3 is 35.0 Å². The Bertz CT molecular complexity index is 1710. The number of hydrogen-bond donors (Lipinski definition) is 5. The van der Waals surface area contributed by atoms with Crippen molar-refractivity contribution in [3.63, 3.8) is 0 Å². The number of ether oxygens (including phenoxy) is 2. The fraction of sp³-hybridized carbons (Fsp3) is 0.351. The summed E-state index contributed by atoms with van der Waals surface area (Å²) in [6, 6.07) is 22.7. The first-order valence-corrected chi connectivity index (χ1v) is 17.4. The Morgan fingerprint density at radius 2 is 1.08 bits per heavy atom. The molecule has 2 aliphatic heterocycles. The number of fused-ring (bicyclic) bond motifs is 1. The van der Waals surface area contributed by atoms with Gasteiger partial charge in [0.25, 0.3) is 0 Å². The third-order valence-corrected chi connectivity index (χ3v) is 9.56. The van der Waals surface area contributed by atoms with E-state index in [1.165, 1.54) is 78.8 Å². The number of carbonyl (C=O) groups is 4. The molecule has 14 heteroatoms.